The lowest BCUT2D eigenvalue weighted by Crippen LogP contribution is -2.25. The number of aromatic amines is 1. The Morgan fingerprint density at radius 1 is 1.23 bits per heavy atom. The summed E-state index contributed by atoms with van der Waals surface area (Å²) in [6, 6.07) is 7.68. The molecule has 0 saturated heterocycles. The van der Waals surface area contributed by atoms with Crippen LogP contribution < -0.4 is 16.2 Å². The Labute approximate surface area is 134 Å². The number of fused-ring (bicyclic) bond motifs is 1. The molecule has 1 aromatic heterocycles. The Kier molecular flexibility index (Phi) is 5.00. The molecule has 6 heteroatoms. The van der Waals surface area contributed by atoms with E-state index in [1.165, 1.54) is 23.4 Å². The first-order valence-electron chi connectivity index (χ1n) is 6.92. The first-order valence-corrected chi connectivity index (χ1v) is 6.92. The topological polar surface area (TPSA) is 74.0 Å². The lowest BCUT2D eigenvalue weighted by molar-refractivity contribution is 0.0950. The summed E-state index contributed by atoms with van der Waals surface area (Å²) in [7, 11) is 0. The third kappa shape index (κ3) is 3.37. The molecule has 1 aliphatic rings. The largest absolute Gasteiger partial charge is 0.348 e. The second-order valence-electron chi connectivity index (χ2n) is 5.28. The Bertz CT molecular complexity index is 755. The van der Waals surface area contributed by atoms with Crippen molar-refractivity contribution in [1.82, 2.24) is 15.6 Å². The summed E-state index contributed by atoms with van der Waals surface area (Å²) in [5, 5.41) is 6.18. The van der Waals surface area contributed by atoms with E-state index in [0.717, 1.165) is 18.7 Å². The zero-order valence-electron chi connectivity index (χ0n) is 12.2. The first-order chi connectivity index (χ1) is 10.1. The highest BCUT2D eigenvalue weighted by Gasteiger charge is 2.12. The number of carbonyl (C=O) groups is 1. The van der Waals surface area contributed by atoms with Gasteiger partial charge in [-0.15, -0.1) is 12.4 Å². The molecular formula is C16H18ClN3O2. The second-order valence-corrected chi connectivity index (χ2v) is 5.28. The summed E-state index contributed by atoms with van der Waals surface area (Å²) in [5.74, 6) is -0.178. The number of pyridine rings is 1. The highest BCUT2D eigenvalue weighted by Crippen LogP contribution is 2.17. The number of benzene rings is 1. The van der Waals surface area contributed by atoms with Gasteiger partial charge in [0.2, 0.25) is 5.56 Å². The number of halogens is 1. The Morgan fingerprint density at radius 2 is 2.00 bits per heavy atom. The molecule has 0 spiro atoms. The minimum Gasteiger partial charge on any atom is -0.348 e. The molecule has 0 bridgehead atoms. The zero-order valence-corrected chi connectivity index (χ0v) is 13.0. The number of nitrogens with one attached hydrogen (secondary N) is 3. The second kappa shape index (κ2) is 6.77. The summed E-state index contributed by atoms with van der Waals surface area (Å²) < 4.78 is 0. The maximum atomic E-state index is 12.1. The zero-order chi connectivity index (χ0) is 14.8. The monoisotopic (exact) mass is 319 g/mol. The van der Waals surface area contributed by atoms with Gasteiger partial charge in [0.15, 0.2) is 0 Å². The highest BCUT2D eigenvalue weighted by atomic mass is 35.5. The molecule has 2 heterocycles. The van der Waals surface area contributed by atoms with Gasteiger partial charge in [0, 0.05) is 31.9 Å². The van der Waals surface area contributed by atoms with Gasteiger partial charge < -0.3 is 15.6 Å². The van der Waals surface area contributed by atoms with Gasteiger partial charge in [-0.1, -0.05) is 18.2 Å². The van der Waals surface area contributed by atoms with E-state index in [2.05, 4.69) is 27.8 Å². The van der Waals surface area contributed by atoms with E-state index in [1.54, 1.807) is 6.92 Å². The highest BCUT2D eigenvalue weighted by molar-refractivity contribution is 5.95. The molecule has 1 aliphatic heterocycles. The standard InChI is InChI=1S/C16H17N3O2.ClH/c1-10-4-15(20)18-9-14(10)16(21)19-6-11-2-3-12-7-17-8-13(12)5-11;/h2-5,9,17H,6-8H2,1H3,(H,18,20)(H,19,21);1H. The maximum Gasteiger partial charge on any atom is 0.253 e. The van der Waals surface area contributed by atoms with Gasteiger partial charge >= 0.3 is 0 Å². The quantitative estimate of drug-likeness (QED) is 0.805. The van der Waals surface area contributed by atoms with Gasteiger partial charge in [0.1, 0.15) is 0 Å². The van der Waals surface area contributed by atoms with Crippen LogP contribution in [-0.4, -0.2) is 10.9 Å². The molecule has 1 aromatic carbocycles. The predicted molar refractivity (Wildman–Crippen MR) is 87.2 cm³/mol. The SMILES string of the molecule is Cc1cc(=O)[nH]cc1C(=O)NCc1ccc2c(c1)CNC2.Cl. The van der Waals surface area contributed by atoms with E-state index >= 15 is 0 Å². The lowest BCUT2D eigenvalue weighted by Gasteiger charge is -2.08. The van der Waals surface area contributed by atoms with Crippen LogP contribution in [0.4, 0.5) is 0 Å². The van der Waals surface area contributed by atoms with Gasteiger partial charge in [-0.25, -0.2) is 0 Å². The average Bonchev–Trinajstić information content (AvgIpc) is 2.92. The summed E-state index contributed by atoms with van der Waals surface area (Å²) >= 11 is 0. The number of carbonyl (C=O) groups excluding carboxylic acids is 1. The van der Waals surface area contributed by atoms with Crippen LogP contribution in [0.25, 0.3) is 0 Å². The number of hydrogen-bond acceptors (Lipinski definition) is 3. The Balaban J connectivity index is 0.00000176. The minimum absolute atomic E-state index is 0. The molecule has 0 atom stereocenters. The van der Waals surface area contributed by atoms with Crippen LogP contribution in [0.15, 0.2) is 35.3 Å². The van der Waals surface area contributed by atoms with Gasteiger partial charge in [-0.3, -0.25) is 9.59 Å². The fourth-order valence-electron chi connectivity index (χ4n) is 2.55. The molecule has 5 nitrogen and oxygen atoms in total. The molecule has 2 aromatic rings. The lowest BCUT2D eigenvalue weighted by atomic mass is 10.1. The van der Waals surface area contributed by atoms with E-state index < -0.39 is 0 Å². The molecule has 0 unspecified atom stereocenters. The van der Waals surface area contributed by atoms with Crippen LogP contribution in [0, 0.1) is 6.92 Å². The smallest absolute Gasteiger partial charge is 0.253 e. The number of rotatable bonds is 3. The van der Waals surface area contributed by atoms with Crippen LogP contribution >= 0.6 is 12.4 Å². The van der Waals surface area contributed by atoms with Crippen molar-refractivity contribution < 1.29 is 4.79 Å². The summed E-state index contributed by atoms with van der Waals surface area (Å²) in [4.78, 5) is 25.8. The minimum atomic E-state index is -0.199. The van der Waals surface area contributed by atoms with Crippen LogP contribution in [0.2, 0.25) is 0 Å². The van der Waals surface area contributed by atoms with Gasteiger partial charge in [0.25, 0.3) is 5.91 Å². The van der Waals surface area contributed by atoms with Crippen molar-refractivity contribution >= 4 is 18.3 Å². The third-order valence-corrected chi connectivity index (χ3v) is 3.73. The first kappa shape index (κ1) is 16.3. The Morgan fingerprint density at radius 3 is 2.77 bits per heavy atom. The summed E-state index contributed by atoms with van der Waals surface area (Å²) in [5.41, 5.74) is 4.67. The van der Waals surface area contributed by atoms with Crippen molar-refractivity contribution in [2.75, 3.05) is 0 Å². The van der Waals surface area contributed by atoms with E-state index in [-0.39, 0.29) is 23.9 Å². The van der Waals surface area contributed by atoms with Crippen LogP contribution in [0.1, 0.15) is 32.6 Å². The third-order valence-electron chi connectivity index (χ3n) is 3.73. The van der Waals surface area contributed by atoms with Crippen molar-refractivity contribution in [2.24, 2.45) is 0 Å². The van der Waals surface area contributed by atoms with E-state index in [9.17, 15) is 9.59 Å². The Hall–Kier alpha value is -2.11. The molecule has 3 rings (SSSR count). The fraction of sp³-hybridized carbons (Fsp3) is 0.250. The molecule has 0 saturated carbocycles. The predicted octanol–water partition coefficient (Wildman–Crippen LogP) is 1.64. The average molecular weight is 320 g/mol. The van der Waals surface area contributed by atoms with Gasteiger partial charge in [0.05, 0.1) is 5.56 Å². The number of aromatic nitrogens is 1. The van der Waals surface area contributed by atoms with E-state index in [0.29, 0.717) is 17.7 Å². The molecule has 1 amide bonds. The van der Waals surface area contributed by atoms with Crippen molar-refractivity contribution in [1.29, 1.82) is 0 Å². The normalized spacial score (nSPS) is 12.4. The van der Waals surface area contributed by atoms with Crippen molar-refractivity contribution in [3.63, 3.8) is 0 Å². The molecule has 116 valence electrons. The summed E-state index contributed by atoms with van der Waals surface area (Å²) in [6.07, 6.45) is 1.46. The molecule has 3 N–H and O–H groups in total. The molecule has 0 radical (unpaired) electrons. The van der Waals surface area contributed by atoms with Gasteiger partial charge in [-0.2, -0.15) is 0 Å². The number of hydrogen-bond donors (Lipinski definition) is 3. The van der Waals surface area contributed by atoms with Crippen LogP contribution in [0.3, 0.4) is 0 Å². The number of H-pyrrole nitrogens is 1. The molecule has 0 fully saturated rings. The van der Waals surface area contributed by atoms with E-state index in [1.807, 2.05) is 6.07 Å². The van der Waals surface area contributed by atoms with Gasteiger partial charge in [-0.05, 0) is 29.2 Å². The van der Waals surface area contributed by atoms with Crippen molar-refractivity contribution in [3.05, 3.63) is 68.6 Å². The fourth-order valence-corrected chi connectivity index (χ4v) is 2.55. The summed E-state index contributed by atoms with van der Waals surface area (Å²) in [6.45, 7) is 4.03. The van der Waals surface area contributed by atoms with E-state index in [4.69, 9.17) is 0 Å². The number of aryl methyl sites for hydroxylation is 1. The maximum absolute atomic E-state index is 12.1. The number of amides is 1. The molecular weight excluding hydrogens is 302 g/mol. The van der Waals surface area contributed by atoms with Crippen molar-refractivity contribution in [3.8, 4) is 0 Å². The van der Waals surface area contributed by atoms with Crippen molar-refractivity contribution in [2.45, 2.75) is 26.6 Å². The van der Waals surface area contributed by atoms with Crippen LogP contribution in [-0.2, 0) is 19.6 Å². The van der Waals surface area contributed by atoms with Crippen LogP contribution in [0.5, 0.6) is 0 Å². The molecule has 0 aliphatic carbocycles. The molecule has 22 heavy (non-hydrogen) atoms.